The second-order valence-electron chi connectivity index (χ2n) is 4.16. The zero-order valence-electron chi connectivity index (χ0n) is 10.3. The summed E-state index contributed by atoms with van der Waals surface area (Å²) < 4.78 is 6.82. The minimum atomic E-state index is -0.173. The molecule has 3 heterocycles. The van der Waals surface area contributed by atoms with E-state index in [4.69, 9.17) is 4.74 Å². The molecule has 0 aromatic carbocycles. The van der Waals surface area contributed by atoms with Crippen LogP contribution in [0.5, 0.6) is 0 Å². The van der Waals surface area contributed by atoms with E-state index in [2.05, 4.69) is 15.2 Å². The van der Waals surface area contributed by atoms with E-state index in [-0.39, 0.29) is 11.2 Å². The van der Waals surface area contributed by atoms with E-state index in [0.29, 0.717) is 6.61 Å². The molecule has 1 unspecified atom stereocenters. The first-order valence-electron chi connectivity index (χ1n) is 5.89. The van der Waals surface area contributed by atoms with Crippen molar-refractivity contribution in [3.05, 3.63) is 24.5 Å². The van der Waals surface area contributed by atoms with Gasteiger partial charge in [0.05, 0.1) is 6.61 Å². The van der Waals surface area contributed by atoms with Gasteiger partial charge in [-0.05, 0) is 12.1 Å². The van der Waals surface area contributed by atoms with Gasteiger partial charge in [0.2, 0.25) is 0 Å². The molecule has 0 spiro atoms. The quantitative estimate of drug-likeness (QED) is 0.787. The molecule has 0 aliphatic carbocycles. The van der Waals surface area contributed by atoms with Gasteiger partial charge in [0, 0.05) is 31.4 Å². The Kier molecular flexibility index (Phi) is 3.20. The maximum absolute atomic E-state index is 11.5. The van der Waals surface area contributed by atoms with Crippen molar-refractivity contribution in [1.82, 2.24) is 19.7 Å². The monoisotopic (exact) mass is 276 g/mol. The summed E-state index contributed by atoms with van der Waals surface area (Å²) in [5.74, 6) is 0.592. The molecule has 0 N–H and O–H groups in total. The Morgan fingerprint density at radius 1 is 1.37 bits per heavy atom. The predicted octanol–water partition coefficient (Wildman–Crippen LogP) is 1.28. The van der Waals surface area contributed by atoms with Crippen LogP contribution in [0.1, 0.15) is 6.42 Å². The second kappa shape index (κ2) is 5.00. The summed E-state index contributed by atoms with van der Waals surface area (Å²) in [6.45, 7) is 0.492. The molecule has 0 saturated carbocycles. The molecular formula is C12H12N4O2S. The van der Waals surface area contributed by atoms with Crippen LogP contribution >= 0.6 is 11.8 Å². The Morgan fingerprint density at radius 2 is 2.16 bits per heavy atom. The van der Waals surface area contributed by atoms with E-state index in [1.165, 1.54) is 11.8 Å². The largest absolute Gasteiger partial charge is 0.465 e. The van der Waals surface area contributed by atoms with Crippen molar-refractivity contribution >= 4 is 17.7 Å². The highest BCUT2D eigenvalue weighted by Gasteiger charge is 2.29. The minimum Gasteiger partial charge on any atom is -0.465 e. The standard InChI is InChI=1S/C12H12N4O2S/c1-16-10(8-2-5-13-6-3-8)14-15-12(16)19-9-4-7-18-11(9)17/h2-3,5-6,9H,4,7H2,1H3. The molecule has 0 bridgehead atoms. The van der Waals surface area contributed by atoms with Gasteiger partial charge >= 0.3 is 5.97 Å². The summed E-state index contributed by atoms with van der Waals surface area (Å²) >= 11 is 1.40. The summed E-state index contributed by atoms with van der Waals surface area (Å²) in [6.07, 6.45) is 4.15. The first kappa shape index (κ1) is 12.2. The second-order valence-corrected chi connectivity index (χ2v) is 5.33. The van der Waals surface area contributed by atoms with Crippen LogP contribution in [0.25, 0.3) is 11.4 Å². The third-order valence-corrected chi connectivity index (χ3v) is 4.19. The fourth-order valence-corrected chi connectivity index (χ4v) is 2.85. The maximum atomic E-state index is 11.5. The molecule has 1 aliphatic heterocycles. The molecule has 0 amide bonds. The van der Waals surface area contributed by atoms with Gasteiger partial charge in [-0.3, -0.25) is 9.78 Å². The summed E-state index contributed by atoms with van der Waals surface area (Å²) in [5, 5.41) is 8.85. The van der Waals surface area contributed by atoms with Crippen LogP contribution in [0, 0.1) is 0 Å². The van der Waals surface area contributed by atoms with Crippen molar-refractivity contribution in [3.63, 3.8) is 0 Å². The molecule has 2 aromatic rings. The highest BCUT2D eigenvalue weighted by molar-refractivity contribution is 8.00. The molecule has 1 saturated heterocycles. The normalized spacial score (nSPS) is 18.6. The summed E-state index contributed by atoms with van der Waals surface area (Å²) in [7, 11) is 1.89. The first-order valence-corrected chi connectivity index (χ1v) is 6.77. The molecular weight excluding hydrogens is 264 g/mol. The molecule has 3 rings (SSSR count). The van der Waals surface area contributed by atoms with Gasteiger partial charge in [0.15, 0.2) is 11.0 Å². The average molecular weight is 276 g/mol. The number of pyridine rings is 1. The Bertz CT molecular complexity index is 599. The molecule has 1 atom stereocenters. The molecule has 2 aromatic heterocycles. The van der Waals surface area contributed by atoms with Crippen molar-refractivity contribution in [1.29, 1.82) is 0 Å². The highest BCUT2D eigenvalue weighted by Crippen LogP contribution is 2.29. The molecule has 7 heteroatoms. The van der Waals surface area contributed by atoms with Crippen LogP contribution in [-0.2, 0) is 16.6 Å². The number of cyclic esters (lactones) is 1. The third kappa shape index (κ3) is 2.33. The Hall–Kier alpha value is -1.89. The lowest BCUT2D eigenvalue weighted by molar-refractivity contribution is -0.137. The molecule has 1 aliphatic rings. The SMILES string of the molecule is Cn1c(SC2CCOC2=O)nnc1-c1ccncc1. The first-order chi connectivity index (χ1) is 9.25. The topological polar surface area (TPSA) is 69.9 Å². The predicted molar refractivity (Wildman–Crippen MR) is 69.5 cm³/mol. The number of carbonyl (C=O) groups excluding carboxylic acids is 1. The van der Waals surface area contributed by atoms with Crippen molar-refractivity contribution in [2.75, 3.05) is 6.61 Å². The minimum absolute atomic E-state index is 0.168. The Morgan fingerprint density at radius 3 is 2.84 bits per heavy atom. The fourth-order valence-electron chi connectivity index (χ4n) is 1.88. The number of ether oxygens (including phenoxy) is 1. The zero-order chi connectivity index (χ0) is 13.2. The van der Waals surface area contributed by atoms with Crippen LogP contribution in [-0.4, -0.2) is 37.6 Å². The van der Waals surface area contributed by atoms with Crippen LogP contribution in [0.2, 0.25) is 0 Å². The van der Waals surface area contributed by atoms with Crippen LogP contribution in [0.15, 0.2) is 29.7 Å². The highest BCUT2D eigenvalue weighted by atomic mass is 32.2. The fraction of sp³-hybridized carbons (Fsp3) is 0.333. The van der Waals surface area contributed by atoms with Crippen molar-refractivity contribution in [2.45, 2.75) is 16.8 Å². The van der Waals surface area contributed by atoms with E-state index in [9.17, 15) is 4.79 Å². The number of aromatic nitrogens is 4. The van der Waals surface area contributed by atoms with Crippen LogP contribution in [0.3, 0.4) is 0 Å². The number of esters is 1. The number of hydrogen-bond acceptors (Lipinski definition) is 6. The number of carbonyl (C=O) groups is 1. The molecule has 0 radical (unpaired) electrons. The van der Waals surface area contributed by atoms with Crippen molar-refractivity contribution < 1.29 is 9.53 Å². The average Bonchev–Trinajstić information content (AvgIpc) is 2.99. The van der Waals surface area contributed by atoms with Gasteiger partial charge < -0.3 is 9.30 Å². The molecule has 6 nitrogen and oxygen atoms in total. The molecule has 98 valence electrons. The summed E-state index contributed by atoms with van der Waals surface area (Å²) in [4.78, 5) is 15.4. The van der Waals surface area contributed by atoms with E-state index >= 15 is 0 Å². The molecule has 1 fully saturated rings. The lowest BCUT2D eigenvalue weighted by Gasteiger charge is -2.05. The lowest BCUT2D eigenvalue weighted by Crippen LogP contribution is -2.10. The Labute approximate surface area is 114 Å². The van der Waals surface area contributed by atoms with Gasteiger partial charge in [-0.1, -0.05) is 11.8 Å². The summed E-state index contributed by atoms with van der Waals surface area (Å²) in [5.41, 5.74) is 0.950. The molecule has 19 heavy (non-hydrogen) atoms. The lowest BCUT2D eigenvalue weighted by atomic mass is 10.2. The number of rotatable bonds is 3. The Balaban J connectivity index is 1.85. The van der Waals surface area contributed by atoms with E-state index in [1.807, 2.05) is 23.7 Å². The zero-order valence-corrected chi connectivity index (χ0v) is 11.1. The van der Waals surface area contributed by atoms with Gasteiger partial charge in [-0.2, -0.15) is 0 Å². The summed E-state index contributed by atoms with van der Waals surface area (Å²) in [6, 6.07) is 3.75. The van der Waals surface area contributed by atoms with Crippen LogP contribution in [0.4, 0.5) is 0 Å². The van der Waals surface area contributed by atoms with E-state index in [1.54, 1.807) is 12.4 Å². The van der Waals surface area contributed by atoms with Gasteiger partial charge in [0.1, 0.15) is 5.25 Å². The van der Waals surface area contributed by atoms with Gasteiger partial charge in [0.25, 0.3) is 0 Å². The van der Waals surface area contributed by atoms with Gasteiger partial charge in [-0.25, -0.2) is 0 Å². The van der Waals surface area contributed by atoms with Crippen molar-refractivity contribution in [3.8, 4) is 11.4 Å². The van der Waals surface area contributed by atoms with E-state index < -0.39 is 0 Å². The van der Waals surface area contributed by atoms with Gasteiger partial charge in [-0.15, -0.1) is 10.2 Å². The number of hydrogen-bond donors (Lipinski definition) is 0. The van der Waals surface area contributed by atoms with Crippen LogP contribution < -0.4 is 0 Å². The number of nitrogens with zero attached hydrogens (tertiary/aromatic N) is 4. The van der Waals surface area contributed by atoms with Crippen molar-refractivity contribution in [2.24, 2.45) is 7.05 Å². The third-order valence-electron chi connectivity index (χ3n) is 2.91. The number of thioether (sulfide) groups is 1. The maximum Gasteiger partial charge on any atom is 0.319 e. The smallest absolute Gasteiger partial charge is 0.319 e. The van der Waals surface area contributed by atoms with E-state index in [0.717, 1.165) is 23.0 Å².